The first-order valence-electron chi connectivity index (χ1n) is 6.79. The SMILES string of the molecule is O=C(NCC1CCCCS1)Nc1ccc(C(=O)O)cc1O. The standard InChI is InChI=1S/C14H18N2O4S/c17-12-7-9(13(18)19)4-5-11(12)16-14(20)15-8-10-3-1-2-6-21-10/h4-5,7,10,17H,1-3,6,8H2,(H,18,19)(H2,15,16,20). The van der Waals surface area contributed by atoms with Crippen molar-refractivity contribution in [1.29, 1.82) is 0 Å². The van der Waals surface area contributed by atoms with Crippen LogP contribution in [0.15, 0.2) is 18.2 Å². The molecule has 21 heavy (non-hydrogen) atoms. The number of nitrogens with one attached hydrogen (secondary N) is 2. The van der Waals surface area contributed by atoms with E-state index in [0.717, 1.165) is 18.2 Å². The molecule has 0 radical (unpaired) electrons. The molecular weight excluding hydrogens is 292 g/mol. The second kappa shape index (κ2) is 7.21. The van der Waals surface area contributed by atoms with Crippen LogP contribution in [0.3, 0.4) is 0 Å². The van der Waals surface area contributed by atoms with Crippen LogP contribution < -0.4 is 10.6 Å². The third-order valence-electron chi connectivity index (χ3n) is 3.26. The van der Waals surface area contributed by atoms with E-state index < -0.39 is 12.0 Å². The number of hydrogen-bond acceptors (Lipinski definition) is 4. The lowest BCUT2D eigenvalue weighted by molar-refractivity contribution is 0.0696. The highest BCUT2D eigenvalue weighted by Crippen LogP contribution is 2.25. The second-order valence-electron chi connectivity index (χ2n) is 4.86. The van der Waals surface area contributed by atoms with Gasteiger partial charge < -0.3 is 20.8 Å². The number of phenolic OH excluding ortho intramolecular Hbond substituents is 1. The highest BCUT2D eigenvalue weighted by atomic mass is 32.2. The Morgan fingerprint density at radius 2 is 2.14 bits per heavy atom. The number of carboxylic acid groups (broad SMARTS) is 1. The zero-order valence-corrected chi connectivity index (χ0v) is 12.3. The van der Waals surface area contributed by atoms with Gasteiger partial charge >= 0.3 is 12.0 Å². The third kappa shape index (κ3) is 4.56. The van der Waals surface area contributed by atoms with E-state index in [0.29, 0.717) is 11.8 Å². The number of aromatic hydroxyl groups is 1. The summed E-state index contributed by atoms with van der Waals surface area (Å²) in [5, 5.41) is 24.2. The monoisotopic (exact) mass is 310 g/mol. The van der Waals surface area contributed by atoms with Crippen LogP contribution in [0.25, 0.3) is 0 Å². The predicted molar refractivity (Wildman–Crippen MR) is 82.2 cm³/mol. The molecule has 1 saturated heterocycles. The third-order valence-corrected chi connectivity index (χ3v) is 4.66. The molecule has 1 atom stereocenters. The maximum absolute atomic E-state index is 11.8. The molecule has 2 rings (SSSR count). The number of benzene rings is 1. The number of phenols is 1. The molecule has 0 aliphatic carbocycles. The molecule has 1 unspecified atom stereocenters. The zero-order valence-electron chi connectivity index (χ0n) is 11.5. The molecule has 1 aromatic carbocycles. The lowest BCUT2D eigenvalue weighted by Gasteiger charge is -2.21. The fourth-order valence-corrected chi connectivity index (χ4v) is 3.35. The first kappa shape index (κ1) is 15.5. The predicted octanol–water partition coefficient (Wildman–Crippen LogP) is 2.50. The van der Waals surface area contributed by atoms with Gasteiger partial charge in [0, 0.05) is 11.8 Å². The number of amides is 2. The van der Waals surface area contributed by atoms with Crippen LogP contribution in [0, 0.1) is 0 Å². The smallest absolute Gasteiger partial charge is 0.335 e. The Labute approximate surface area is 126 Å². The molecule has 0 bridgehead atoms. The van der Waals surface area contributed by atoms with Crippen LogP contribution in [0.2, 0.25) is 0 Å². The summed E-state index contributed by atoms with van der Waals surface area (Å²) in [5.74, 6) is -0.265. The fourth-order valence-electron chi connectivity index (χ4n) is 2.11. The Morgan fingerprint density at radius 1 is 1.33 bits per heavy atom. The van der Waals surface area contributed by atoms with E-state index in [9.17, 15) is 14.7 Å². The number of urea groups is 1. The molecule has 114 valence electrons. The minimum absolute atomic E-state index is 0.0305. The number of hydrogen-bond donors (Lipinski definition) is 4. The maximum Gasteiger partial charge on any atom is 0.335 e. The Balaban J connectivity index is 1.85. The number of rotatable bonds is 4. The molecule has 0 spiro atoms. The first-order valence-corrected chi connectivity index (χ1v) is 7.84. The largest absolute Gasteiger partial charge is 0.506 e. The number of thioether (sulfide) groups is 1. The molecule has 0 aromatic heterocycles. The number of carbonyl (C=O) groups excluding carboxylic acids is 1. The summed E-state index contributed by atoms with van der Waals surface area (Å²) in [7, 11) is 0. The molecule has 1 aliphatic rings. The average molecular weight is 310 g/mol. The van der Waals surface area contributed by atoms with Crippen LogP contribution in [-0.4, -0.2) is 39.8 Å². The summed E-state index contributed by atoms with van der Waals surface area (Å²) in [6.45, 7) is 0.588. The maximum atomic E-state index is 11.8. The van der Waals surface area contributed by atoms with Crippen molar-refractivity contribution in [1.82, 2.24) is 5.32 Å². The summed E-state index contributed by atoms with van der Waals surface area (Å²) in [6.07, 6.45) is 3.53. The summed E-state index contributed by atoms with van der Waals surface area (Å²) in [4.78, 5) is 22.5. The Kier molecular flexibility index (Phi) is 5.32. The van der Waals surface area contributed by atoms with E-state index in [2.05, 4.69) is 10.6 Å². The van der Waals surface area contributed by atoms with Gasteiger partial charge in [-0.15, -0.1) is 0 Å². The zero-order chi connectivity index (χ0) is 15.2. The summed E-state index contributed by atoms with van der Waals surface area (Å²) in [5.41, 5.74) is 0.158. The Morgan fingerprint density at radius 3 is 2.76 bits per heavy atom. The molecule has 7 heteroatoms. The van der Waals surface area contributed by atoms with Crippen molar-refractivity contribution in [2.45, 2.75) is 24.5 Å². The van der Waals surface area contributed by atoms with Crippen LogP contribution in [0.4, 0.5) is 10.5 Å². The summed E-state index contributed by atoms with van der Waals surface area (Å²) >= 11 is 1.86. The van der Waals surface area contributed by atoms with E-state index in [-0.39, 0.29) is 17.0 Å². The lowest BCUT2D eigenvalue weighted by atomic mass is 10.2. The van der Waals surface area contributed by atoms with Gasteiger partial charge in [0.15, 0.2) is 0 Å². The van der Waals surface area contributed by atoms with Crippen molar-refractivity contribution >= 4 is 29.4 Å². The molecule has 1 heterocycles. The van der Waals surface area contributed by atoms with Crippen molar-refractivity contribution in [3.05, 3.63) is 23.8 Å². The van der Waals surface area contributed by atoms with Crippen molar-refractivity contribution in [3.63, 3.8) is 0 Å². The second-order valence-corrected chi connectivity index (χ2v) is 6.27. The van der Waals surface area contributed by atoms with Gasteiger partial charge in [-0.3, -0.25) is 0 Å². The molecule has 1 aliphatic heterocycles. The minimum Gasteiger partial charge on any atom is -0.506 e. The molecular formula is C14H18N2O4S. The number of carbonyl (C=O) groups is 2. The Bertz CT molecular complexity index is 530. The van der Waals surface area contributed by atoms with Crippen LogP contribution in [0.1, 0.15) is 29.6 Å². The number of carboxylic acids is 1. The van der Waals surface area contributed by atoms with Gasteiger partial charge in [0.05, 0.1) is 11.3 Å². The van der Waals surface area contributed by atoms with Crippen molar-refractivity contribution in [2.75, 3.05) is 17.6 Å². The van der Waals surface area contributed by atoms with Gasteiger partial charge in [0.2, 0.25) is 0 Å². The molecule has 6 nitrogen and oxygen atoms in total. The molecule has 0 saturated carbocycles. The topological polar surface area (TPSA) is 98.7 Å². The molecule has 4 N–H and O–H groups in total. The minimum atomic E-state index is -1.13. The summed E-state index contributed by atoms with van der Waals surface area (Å²) < 4.78 is 0. The van der Waals surface area contributed by atoms with E-state index in [1.54, 1.807) is 0 Å². The van der Waals surface area contributed by atoms with Crippen LogP contribution in [-0.2, 0) is 0 Å². The number of anilines is 1. The van der Waals surface area contributed by atoms with Crippen molar-refractivity contribution < 1.29 is 19.8 Å². The van der Waals surface area contributed by atoms with Crippen molar-refractivity contribution in [3.8, 4) is 5.75 Å². The first-order chi connectivity index (χ1) is 10.1. The molecule has 1 aromatic rings. The highest BCUT2D eigenvalue weighted by Gasteiger charge is 2.15. The molecule has 2 amide bonds. The highest BCUT2D eigenvalue weighted by molar-refractivity contribution is 7.99. The average Bonchev–Trinajstić information content (AvgIpc) is 2.48. The van der Waals surface area contributed by atoms with E-state index >= 15 is 0 Å². The van der Waals surface area contributed by atoms with Gasteiger partial charge in [0.1, 0.15) is 5.75 Å². The normalized spacial score (nSPS) is 18.0. The fraction of sp³-hybridized carbons (Fsp3) is 0.429. The van der Waals surface area contributed by atoms with Gasteiger partial charge in [-0.05, 0) is 36.8 Å². The van der Waals surface area contributed by atoms with E-state index in [1.807, 2.05) is 11.8 Å². The van der Waals surface area contributed by atoms with Gasteiger partial charge in [-0.2, -0.15) is 11.8 Å². The summed E-state index contributed by atoms with van der Waals surface area (Å²) in [6, 6.07) is 3.40. The number of aromatic carboxylic acids is 1. The van der Waals surface area contributed by atoms with Gasteiger partial charge in [-0.25, -0.2) is 9.59 Å². The quantitative estimate of drug-likeness (QED) is 0.640. The van der Waals surface area contributed by atoms with Gasteiger partial charge in [-0.1, -0.05) is 6.42 Å². The van der Waals surface area contributed by atoms with Gasteiger partial charge in [0.25, 0.3) is 0 Å². The van der Waals surface area contributed by atoms with Crippen LogP contribution >= 0.6 is 11.8 Å². The molecule has 1 fully saturated rings. The van der Waals surface area contributed by atoms with E-state index in [4.69, 9.17) is 5.11 Å². The lowest BCUT2D eigenvalue weighted by Crippen LogP contribution is -2.35. The van der Waals surface area contributed by atoms with Crippen molar-refractivity contribution in [2.24, 2.45) is 0 Å². The van der Waals surface area contributed by atoms with Crippen LogP contribution in [0.5, 0.6) is 5.75 Å². The van der Waals surface area contributed by atoms with E-state index in [1.165, 1.54) is 25.0 Å². The Hall–Kier alpha value is -1.89.